The second-order valence-electron chi connectivity index (χ2n) is 3.04. The third-order valence-electron chi connectivity index (χ3n) is 1.90. The van der Waals surface area contributed by atoms with Gasteiger partial charge in [-0.15, -0.1) is 0 Å². The van der Waals surface area contributed by atoms with Gasteiger partial charge in [0.05, 0.1) is 0 Å². The van der Waals surface area contributed by atoms with Gasteiger partial charge in [0.25, 0.3) is 5.89 Å². The number of aromatic nitrogens is 3. The van der Waals surface area contributed by atoms with Gasteiger partial charge in [-0.1, -0.05) is 12.1 Å². The van der Waals surface area contributed by atoms with E-state index >= 15 is 0 Å². The van der Waals surface area contributed by atoms with Crippen LogP contribution in [0.1, 0.15) is 18.6 Å². The maximum atomic E-state index is 5.48. The second kappa shape index (κ2) is 5.07. The second-order valence-corrected chi connectivity index (χ2v) is 3.79. The maximum Gasteiger partial charge on any atom is 0.264 e. The van der Waals surface area contributed by atoms with E-state index < -0.39 is 0 Å². The highest BCUT2D eigenvalue weighted by Crippen LogP contribution is 2.21. The minimum absolute atomic E-state index is 0.247. The van der Waals surface area contributed by atoms with Crippen LogP contribution in [0.15, 0.2) is 27.5 Å². The fourth-order valence-electron chi connectivity index (χ4n) is 1.11. The van der Waals surface area contributed by atoms with Gasteiger partial charge < -0.3 is 9.26 Å². The minimum atomic E-state index is 0.247. The molecule has 0 N–H and O–H groups in total. The largest absolute Gasteiger partial charge is 0.481 e. The molecule has 84 valence electrons. The van der Waals surface area contributed by atoms with E-state index in [-0.39, 0.29) is 6.61 Å². The van der Waals surface area contributed by atoms with Crippen molar-refractivity contribution in [3.8, 4) is 5.75 Å². The fourth-order valence-corrected chi connectivity index (χ4v) is 1.48. The number of hydrogen-bond donors (Lipinski definition) is 0. The number of nitrogens with zero attached hydrogens (tertiary/aromatic N) is 3. The summed E-state index contributed by atoms with van der Waals surface area (Å²) >= 11 is 3.29. The van der Waals surface area contributed by atoms with Gasteiger partial charge in [0.1, 0.15) is 4.60 Å². The number of aryl methyl sites for hydroxylation is 1. The summed E-state index contributed by atoms with van der Waals surface area (Å²) in [6.07, 6.45) is 2.43. The molecule has 2 aromatic heterocycles. The van der Waals surface area contributed by atoms with Crippen LogP contribution in [0, 0.1) is 0 Å². The van der Waals surface area contributed by atoms with Gasteiger partial charge in [-0.05, 0) is 28.1 Å². The first kappa shape index (κ1) is 11.1. The van der Waals surface area contributed by atoms with Crippen LogP contribution in [0.4, 0.5) is 0 Å². The van der Waals surface area contributed by atoms with Crippen molar-refractivity contribution >= 4 is 15.9 Å². The summed E-state index contributed by atoms with van der Waals surface area (Å²) < 4.78 is 11.1. The highest BCUT2D eigenvalue weighted by Gasteiger charge is 2.07. The van der Waals surface area contributed by atoms with Crippen molar-refractivity contribution in [2.24, 2.45) is 0 Å². The van der Waals surface area contributed by atoms with E-state index in [2.05, 4.69) is 31.1 Å². The van der Waals surface area contributed by atoms with Crippen molar-refractivity contribution in [2.75, 3.05) is 0 Å². The van der Waals surface area contributed by atoms with Crippen molar-refractivity contribution in [1.29, 1.82) is 0 Å². The highest BCUT2D eigenvalue weighted by molar-refractivity contribution is 9.10. The van der Waals surface area contributed by atoms with Crippen molar-refractivity contribution in [2.45, 2.75) is 20.0 Å². The summed E-state index contributed by atoms with van der Waals surface area (Å²) in [6.45, 7) is 2.21. The van der Waals surface area contributed by atoms with E-state index in [1.54, 1.807) is 12.3 Å². The third kappa shape index (κ3) is 2.57. The molecule has 0 fully saturated rings. The molecule has 5 nitrogen and oxygen atoms in total. The van der Waals surface area contributed by atoms with Crippen LogP contribution < -0.4 is 4.74 Å². The normalized spacial score (nSPS) is 10.4. The molecule has 0 aliphatic carbocycles. The summed E-state index contributed by atoms with van der Waals surface area (Å²) in [5.74, 6) is 1.80. The molecule has 0 unspecified atom stereocenters. The zero-order valence-electron chi connectivity index (χ0n) is 8.68. The Labute approximate surface area is 101 Å². The van der Waals surface area contributed by atoms with Crippen LogP contribution in [-0.2, 0) is 13.0 Å². The Morgan fingerprint density at radius 3 is 3.06 bits per heavy atom. The molecule has 2 heterocycles. The van der Waals surface area contributed by atoms with Gasteiger partial charge in [0, 0.05) is 12.6 Å². The molecule has 0 saturated heterocycles. The molecule has 0 aromatic carbocycles. The lowest BCUT2D eigenvalue weighted by Crippen LogP contribution is -1.97. The Hall–Kier alpha value is -1.43. The Bertz CT molecular complexity index is 473. The number of rotatable bonds is 4. The van der Waals surface area contributed by atoms with Crippen LogP contribution in [-0.4, -0.2) is 15.1 Å². The molecule has 0 radical (unpaired) electrons. The lowest BCUT2D eigenvalue weighted by molar-refractivity contribution is 0.240. The molecule has 0 spiro atoms. The number of ether oxygens (including phenoxy) is 1. The number of hydrogen-bond acceptors (Lipinski definition) is 5. The van der Waals surface area contributed by atoms with Crippen LogP contribution in [0.5, 0.6) is 5.75 Å². The monoisotopic (exact) mass is 283 g/mol. The van der Waals surface area contributed by atoms with Crippen molar-refractivity contribution in [3.05, 3.63) is 34.6 Å². The molecule has 0 amide bonds. The lowest BCUT2D eigenvalue weighted by atomic mass is 10.4. The van der Waals surface area contributed by atoms with E-state index in [9.17, 15) is 0 Å². The maximum absolute atomic E-state index is 5.48. The molecular formula is C10H10BrN3O2. The molecule has 0 atom stereocenters. The number of pyridine rings is 1. The third-order valence-corrected chi connectivity index (χ3v) is 2.50. The van der Waals surface area contributed by atoms with E-state index in [4.69, 9.17) is 9.26 Å². The minimum Gasteiger partial charge on any atom is -0.481 e. The molecule has 2 aromatic rings. The lowest BCUT2D eigenvalue weighted by Gasteiger charge is -2.03. The number of halogens is 1. The van der Waals surface area contributed by atoms with Gasteiger partial charge in [0.2, 0.25) is 0 Å². The van der Waals surface area contributed by atoms with Gasteiger partial charge in [-0.3, -0.25) is 0 Å². The topological polar surface area (TPSA) is 61.0 Å². The van der Waals surface area contributed by atoms with Gasteiger partial charge in [0.15, 0.2) is 18.2 Å². The first-order chi connectivity index (χ1) is 7.79. The fraction of sp³-hybridized carbons (Fsp3) is 0.300. The SMILES string of the molecule is CCc1noc(COc2cccnc2Br)n1. The Kier molecular flexibility index (Phi) is 3.51. The van der Waals surface area contributed by atoms with Crippen LogP contribution in [0.25, 0.3) is 0 Å². The van der Waals surface area contributed by atoms with Crippen molar-refractivity contribution < 1.29 is 9.26 Å². The summed E-state index contributed by atoms with van der Waals surface area (Å²) in [7, 11) is 0. The molecule has 0 bridgehead atoms. The van der Waals surface area contributed by atoms with Gasteiger partial charge >= 0.3 is 0 Å². The van der Waals surface area contributed by atoms with Crippen LogP contribution in [0.3, 0.4) is 0 Å². The van der Waals surface area contributed by atoms with Gasteiger partial charge in [-0.2, -0.15) is 4.98 Å². The van der Waals surface area contributed by atoms with E-state index in [0.717, 1.165) is 6.42 Å². The Morgan fingerprint density at radius 2 is 2.38 bits per heavy atom. The Morgan fingerprint density at radius 1 is 1.50 bits per heavy atom. The first-order valence-electron chi connectivity index (χ1n) is 4.84. The highest BCUT2D eigenvalue weighted by atomic mass is 79.9. The van der Waals surface area contributed by atoms with Crippen LogP contribution in [0.2, 0.25) is 0 Å². The summed E-state index contributed by atoms with van der Waals surface area (Å²) in [5, 5.41) is 3.78. The summed E-state index contributed by atoms with van der Waals surface area (Å²) in [4.78, 5) is 8.17. The standard InChI is InChI=1S/C10H10BrN3O2/c1-2-8-13-9(16-14-8)6-15-7-4-3-5-12-10(7)11/h3-5H,2,6H2,1H3. The van der Waals surface area contributed by atoms with Crippen molar-refractivity contribution in [3.63, 3.8) is 0 Å². The Balaban J connectivity index is 1.99. The summed E-state index contributed by atoms with van der Waals surface area (Å²) in [5.41, 5.74) is 0. The predicted octanol–water partition coefficient (Wildman–Crippen LogP) is 2.37. The van der Waals surface area contributed by atoms with E-state index in [1.165, 1.54) is 0 Å². The zero-order valence-corrected chi connectivity index (χ0v) is 10.3. The quantitative estimate of drug-likeness (QED) is 0.806. The molecular weight excluding hydrogens is 274 g/mol. The van der Waals surface area contributed by atoms with E-state index in [0.29, 0.717) is 22.1 Å². The molecule has 16 heavy (non-hydrogen) atoms. The molecule has 0 saturated carbocycles. The zero-order chi connectivity index (χ0) is 11.4. The van der Waals surface area contributed by atoms with Crippen LogP contribution >= 0.6 is 15.9 Å². The molecule has 2 rings (SSSR count). The molecule has 0 aliphatic heterocycles. The average molecular weight is 284 g/mol. The molecule has 6 heteroatoms. The molecule has 0 aliphatic rings. The predicted molar refractivity (Wildman–Crippen MR) is 59.9 cm³/mol. The van der Waals surface area contributed by atoms with Crippen molar-refractivity contribution in [1.82, 2.24) is 15.1 Å². The summed E-state index contributed by atoms with van der Waals surface area (Å²) in [6, 6.07) is 3.61. The first-order valence-corrected chi connectivity index (χ1v) is 5.63. The average Bonchev–Trinajstić information content (AvgIpc) is 2.76. The van der Waals surface area contributed by atoms with Gasteiger partial charge in [-0.25, -0.2) is 4.98 Å². The smallest absolute Gasteiger partial charge is 0.264 e. The van der Waals surface area contributed by atoms with E-state index in [1.807, 2.05) is 13.0 Å².